The van der Waals surface area contributed by atoms with Crippen molar-refractivity contribution in [3.05, 3.63) is 34.3 Å². The smallest absolute Gasteiger partial charge is 0.326 e. The Labute approximate surface area is 131 Å². The molecule has 0 heterocycles. The molecule has 7 heteroatoms. The van der Waals surface area contributed by atoms with E-state index < -0.39 is 23.8 Å². The molecule has 0 saturated carbocycles. The number of carbonyl (C=O) groups excluding carboxylic acids is 2. The molecule has 2 amide bonds. The highest BCUT2D eigenvalue weighted by atomic mass is 79.9. The summed E-state index contributed by atoms with van der Waals surface area (Å²) in [7, 11) is 0. The van der Waals surface area contributed by atoms with Crippen LogP contribution in [0.5, 0.6) is 0 Å². The third-order valence-electron chi connectivity index (χ3n) is 2.75. The Hall–Kier alpha value is -1.89. The lowest BCUT2D eigenvalue weighted by atomic mass is 10.1. The molecular formula is C14H17BrN2O4. The Morgan fingerprint density at radius 2 is 1.95 bits per heavy atom. The molecular weight excluding hydrogens is 340 g/mol. The van der Waals surface area contributed by atoms with E-state index >= 15 is 0 Å². The highest BCUT2D eigenvalue weighted by Gasteiger charge is 2.23. The zero-order valence-corrected chi connectivity index (χ0v) is 13.3. The molecule has 114 valence electrons. The maximum atomic E-state index is 11.8. The number of carboxylic acids is 1. The molecule has 0 aliphatic heterocycles. The van der Waals surface area contributed by atoms with Crippen LogP contribution in [0.15, 0.2) is 28.7 Å². The molecule has 0 spiro atoms. The van der Waals surface area contributed by atoms with Crippen LogP contribution in [0.1, 0.15) is 24.2 Å². The Morgan fingerprint density at radius 3 is 2.48 bits per heavy atom. The predicted molar refractivity (Wildman–Crippen MR) is 80.9 cm³/mol. The lowest BCUT2D eigenvalue weighted by Crippen LogP contribution is -2.48. The van der Waals surface area contributed by atoms with Crippen molar-refractivity contribution in [2.24, 2.45) is 5.92 Å². The number of aliphatic carboxylic acids is 1. The summed E-state index contributed by atoms with van der Waals surface area (Å²) >= 11 is 3.25. The first-order valence-corrected chi connectivity index (χ1v) is 7.16. The van der Waals surface area contributed by atoms with Crippen LogP contribution in [0, 0.1) is 5.92 Å². The minimum Gasteiger partial charge on any atom is -0.480 e. The van der Waals surface area contributed by atoms with Crippen LogP contribution in [0.3, 0.4) is 0 Å². The number of benzene rings is 1. The van der Waals surface area contributed by atoms with Crippen LogP contribution in [-0.2, 0) is 9.59 Å². The van der Waals surface area contributed by atoms with E-state index in [1.165, 1.54) is 0 Å². The third-order valence-corrected chi connectivity index (χ3v) is 3.24. The number of rotatable bonds is 6. The number of halogens is 1. The van der Waals surface area contributed by atoms with Gasteiger partial charge in [0.15, 0.2) is 0 Å². The zero-order valence-electron chi connectivity index (χ0n) is 11.7. The monoisotopic (exact) mass is 356 g/mol. The zero-order chi connectivity index (χ0) is 16.0. The summed E-state index contributed by atoms with van der Waals surface area (Å²) in [5, 5.41) is 13.8. The van der Waals surface area contributed by atoms with Crippen LogP contribution in [0.25, 0.3) is 0 Å². The minimum absolute atomic E-state index is 0.243. The van der Waals surface area contributed by atoms with Crippen LogP contribution in [0.4, 0.5) is 0 Å². The fourth-order valence-corrected chi connectivity index (χ4v) is 2.03. The highest BCUT2D eigenvalue weighted by Crippen LogP contribution is 2.11. The molecule has 0 aliphatic carbocycles. The fourth-order valence-electron chi connectivity index (χ4n) is 1.63. The summed E-state index contributed by atoms with van der Waals surface area (Å²) in [6.07, 6.45) is 0. The summed E-state index contributed by atoms with van der Waals surface area (Å²) in [4.78, 5) is 34.5. The molecule has 1 atom stereocenters. The largest absolute Gasteiger partial charge is 0.480 e. The number of carbonyl (C=O) groups is 3. The molecule has 0 saturated heterocycles. The number of nitrogens with one attached hydrogen (secondary N) is 2. The standard InChI is InChI=1S/C14H17BrN2O4/c1-8(2)12(14(20)21)17-11(18)7-16-13(19)9-4-3-5-10(15)6-9/h3-6,8,12H,7H2,1-2H3,(H,16,19)(H,17,18)(H,20,21)/t12-/m0/s1. The average Bonchev–Trinajstić information content (AvgIpc) is 2.41. The van der Waals surface area contributed by atoms with Gasteiger partial charge in [-0.05, 0) is 24.1 Å². The van der Waals surface area contributed by atoms with E-state index in [0.717, 1.165) is 4.47 Å². The Morgan fingerprint density at radius 1 is 1.29 bits per heavy atom. The molecule has 0 bridgehead atoms. The average molecular weight is 357 g/mol. The lowest BCUT2D eigenvalue weighted by Gasteiger charge is -2.18. The van der Waals surface area contributed by atoms with Gasteiger partial charge in [-0.3, -0.25) is 9.59 Å². The number of amides is 2. The van der Waals surface area contributed by atoms with Crippen molar-refractivity contribution in [2.75, 3.05) is 6.54 Å². The van der Waals surface area contributed by atoms with Gasteiger partial charge >= 0.3 is 5.97 Å². The maximum Gasteiger partial charge on any atom is 0.326 e. The summed E-state index contributed by atoms with van der Waals surface area (Å²) in [6, 6.07) is 5.76. The van der Waals surface area contributed by atoms with Gasteiger partial charge in [0, 0.05) is 10.0 Å². The summed E-state index contributed by atoms with van der Waals surface area (Å²) in [6.45, 7) is 3.11. The van der Waals surface area contributed by atoms with E-state index in [1.807, 2.05) is 0 Å². The van der Waals surface area contributed by atoms with Crippen molar-refractivity contribution >= 4 is 33.7 Å². The van der Waals surface area contributed by atoms with Crippen molar-refractivity contribution in [1.29, 1.82) is 0 Å². The second kappa shape index (κ2) is 7.78. The normalized spacial score (nSPS) is 11.8. The number of carboxylic acid groups (broad SMARTS) is 1. The van der Waals surface area contributed by atoms with Gasteiger partial charge in [-0.15, -0.1) is 0 Å². The predicted octanol–water partition coefficient (Wildman–Crippen LogP) is 1.40. The van der Waals surface area contributed by atoms with E-state index in [4.69, 9.17) is 5.11 Å². The molecule has 1 rings (SSSR count). The van der Waals surface area contributed by atoms with Crippen molar-refractivity contribution in [2.45, 2.75) is 19.9 Å². The SMILES string of the molecule is CC(C)[C@H](NC(=O)CNC(=O)c1cccc(Br)c1)C(=O)O. The van der Waals surface area contributed by atoms with E-state index in [-0.39, 0.29) is 12.5 Å². The van der Waals surface area contributed by atoms with Gasteiger partial charge in [-0.25, -0.2) is 4.79 Å². The topological polar surface area (TPSA) is 95.5 Å². The molecule has 21 heavy (non-hydrogen) atoms. The van der Waals surface area contributed by atoms with Gasteiger partial charge in [-0.1, -0.05) is 35.8 Å². The molecule has 1 aromatic rings. The van der Waals surface area contributed by atoms with Crippen LogP contribution < -0.4 is 10.6 Å². The third kappa shape index (κ3) is 5.55. The van der Waals surface area contributed by atoms with Crippen molar-refractivity contribution < 1.29 is 19.5 Å². The van der Waals surface area contributed by atoms with E-state index in [2.05, 4.69) is 26.6 Å². The first-order valence-electron chi connectivity index (χ1n) is 6.37. The van der Waals surface area contributed by atoms with Gasteiger partial charge in [-0.2, -0.15) is 0 Å². The molecule has 0 aromatic heterocycles. The van der Waals surface area contributed by atoms with Crippen LogP contribution in [0.2, 0.25) is 0 Å². The second-order valence-corrected chi connectivity index (χ2v) is 5.74. The fraction of sp³-hybridized carbons (Fsp3) is 0.357. The summed E-state index contributed by atoms with van der Waals surface area (Å²) in [5.74, 6) is -2.29. The molecule has 3 N–H and O–H groups in total. The van der Waals surface area contributed by atoms with Gasteiger partial charge in [0.2, 0.25) is 5.91 Å². The van der Waals surface area contributed by atoms with E-state index in [9.17, 15) is 14.4 Å². The van der Waals surface area contributed by atoms with Crippen LogP contribution >= 0.6 is 15.9 Å². The van der Waals surface area contributed by atoms with Gasteiger partial charge in [0.1, 0.15) is 6.04 Å². The second-order valence-electron chi connectivity index (χ2n) is 4.82. The quantitative estimate of drug-likeness (QED) is 0.717. The molecule has 0 unspecified atom stereocenters. The number of hydrogen-bond acceptors (Lipinski definition) is 3. The Balaban J connectivity index is 2.53. The van der Waals surface area contributed by atoms with Crippen molar-refractivity contribution in [3.8, 4) is 0 Å². The van der Waals surface area contributed by atoms with E-state index in [0.29, 0.717) is 5.56 Å². The molecule has 6 nitrogen and oxygen atoms in total. The van der Waals surface area contributed by atoms with Gasteiger partial charge in [0.25, 0.3) is 5.91 Å². The molecule has 0 aliphatic rings. The molecule has 0 fully saturated rings. The highest BCUT2D eigenvalue weighted by molar-refractivity contribution is 9.10. The van der Waals surface area contributed by atoms with Gasteiger partial charge in [0.05, 0.1) is 6.54 Å². The van der Waals surface area contributed by atoms with Crippen molar-refractivity contribution in [3.63, 3.8) is 0 Å². The Kier molecular flexibility index (Phi) is 6.36. The molecule has 1 aromatic carbocycles. The van der Waals surface area contributed by atoms with Crippen molar-refractivity contribution in [1.82, 2.24) is 10.6 Å². The minimum atomic E-state index is -1.10. The summed E-state index contributed by atoms with van der Waals surface area (Å²) < 4.78 is 0.755. The maximum absolute atomic E-state index is 11.8. The van der Waals surface area contributed by atoms with Crippen LogP contribution in [-0.4, -0.2) is 35.5 Å². The number of hydrogen-bond donors (Lipinski definition) is 3. The Bertz CT molecular complexity index is 546. The lowest BCUT2D eigenvalue weighted by molar-refractivity contribution is -0.142. The van der Waals surface area contributed by atoms with E-state index in [1.54, 1.807) is 38.1 Å². The van der Waals surface area contributed by atoms with Gasteiger partial charge < -0.3 is 15.7 Å². The first kappa shape index (κ1) is 17.2. The summed E-state index contributed by atoms with van der Waals surface area (Å²) in [5.41, 5.74) is 0.413. The first-order chi connectivity index (χ1) is 9.81. The molecule has 0 radical (unpaired) electrons.